The van der Waals surface area contributed by atoms with Crippen LogP contribution in [0.2, 0.25) is 0 Å². The maximum atomic E-state index is 14.0. The van der Waals surface area contributed by atoms with E-state index < -0.39 is 33.6 Å². The molecule has 0 radical (unpaired) electrons. The lowest BCUT2D eigenvalue weighted by atomic mass is 9.99. The minimum atomic E-state index is -3.57. The highest BCUT2D eigenvalue weighted by molar-refractivity contribution is 7.90. The molecule has 2 aliphatic rings. The van der Waals surface area contributed by atoms with Crippen LogP contribution in [0.5, 0.6) is 0 Å². The molecule has 1 heterocycles. The van der Waals surface area contributed by atoms with Gasteiger partial charge < -0.3 is 16.0 Å². The molecule has 0 spiro atoms. The largest absolute Gasteiger partial charge is 0.331 e. The number of amides is 2. The van der Waals surface area contributed by atoms with Crippen LogP contribution in [-0.4, -0.2) is 20.5 Å². The van der Waals surface area contributed by atoms with Gasteiger partial charge in [0.1, 0.15) is 11.7 Å². The Kier molecular flexibility index (Phi) is 6.62. The van der Waals surface area contributed by atoms with E-state index >= 15 is 0 Å². The van der Waals surface area contributed by atoms with Crippen molar-refractivity contribution in [3.63, 3.8) is 0 Å². The number of hydrogen-bond donors (Lipinski definition) is 3. The molecule has 4 rings (SSSR count). The van der Waals surface area contributed by atoms with Gasteiger partial charge in [-0.15, -0.1) is 0 Å². The van der Waals surface area contributed by atoms with Crippen molar-refractivity contribution in [2.24, 2.45) is 0 Å². The first-order chi connectivity index (χ1) is 15.7. The SMILES string of the molecule is CC(NC(=O)Nc1ccc(S(=O)(=O)Cc2ccc3c(c2)CNC3)cc1)C1=C(F)CCC=C1F. The van der Waals surface area contributed by atoms with Crippen molar-refractivity contribution in [1.29, 1.82) is 0 Å². The van der Waals surface area contributed by atoms with Crippen LogP contribution in [0.3, 0.4) is 0 Å². The van der Waals surface area contributed by atoms with E-state index in [1.807, 2.05) is 18.2 Å². The van der Waals surface area contributed by atoms with Crippen LogP contribution in [0.15, 0.2) is 70.7 Å². The van der Waals surface area contributed by atoms with E-state index in [0.717, 1.165) is 24.2 Å². The minimum Gasteiger partial charge on any atom is -0.331 e. The lowest BCUT2D eigenvalue weighted by Crippen LogP contribution is -2.38. The first-order valence-electron chi connectivity index (χ1n) is 10.7. The molecule has 3 N–H and O–H groups in total. The van der Waals surface area contributed by atoms with Crippen molar-refractivity contribution in [2.75, 3.05) is 5.32 Å². The predicted molar refractivity (Wildman–Crippen MR) is 122 cm³/mol. The number of rotatable bonds is 6. The third kappa shape index (κ3) is 5.31. The molecular weight excluding hydrogens is 448 g/mol. The Hall–Kier alpha value is -3.04. The molecule has 1 aliphatic heterocycles. The first-order valence-corrected chi connectivity index (χ1v) is 12.3. The second-order valence-corrected chi connectivity index (χ2v) is 10.2. The maximum absolute atomic E-state index is 14.0. The third-order valence-electron chi connectivity index (χ3n) is 5.75. The monoisotopic (exact) mass is 473 g/mol. The Morgan fingerprint density at radius 1 is 1.09 bits per heavy atom. The Morgan fingerprint density at radius 3 is 2.55 bits per heavy atom. The van der Waals surface area contributed by atoms with Crippen molar-refractivity contribution in [2.45, 2.75) is 49.5 Å². The Labute approximate surface area is 191 Å². The topological polar surface area (TPSA) is 87.3 Å². The third-order valence-corrected chi connectivity index (χ3v) is 7.45. The van der Waals surface area contributed by atoms with Gasteiger partial charge in [0.2, 0.25) is 0 Å². The summed E-state index contributed by atoms with van der Waals surface area (Å²) in [5.41, 5.74) is 3.22. The van der Waals surface area contributed by atoms with Gasteiger partial charge >= 0.3 is 6.03 Å². The van der Waals surface area contributed by atoms with Crippen molar-refractivity contribution >= 4 is 21.6 Å². The molecule has 0 aromatic heterocycles. The van der Waals surface area contributed by atoms with Gasteiger partial charge in [0.25, 0.3) is 0 Å². The summed E-state index contributed by atoms with van der Waals surface area (Å²) < 4.78 is 53.5. The second kappa shape index (κ2) is 9.44. The molecule has 174 valence electrons. The fraction of sp³-hybridized carbons (Fsp3) is 0.292. The lowest BCUT2D eigenvalue weighted by Gasteiger charge is -2.20. The van der Waals surface area contributed by atoms with E-state index in [0.29, 0.717) is 12.1 Å². The van der Waals surface area contributed by atoms with Gasteiger partial charge in [-0.25, -0.2) is 22.0 Å². The quantitative estimate of drug-likeness (QED) is 0.570. The molecule has 9 heteroatoms. The molecule has 1 atom stereocenters. The van der Waals surface area contributed by atoms with Gasteiger partial charge in [-0.1, -0.05) is 18.2 Å². The van der Waals surface area contributed by atoms with Crippen molar-refractivity contribution in [1.82, 2.24) is 10.6 Å². The van der Waals surface area contributed by atoms with Gasteiger partial charge in [0, 0.05) is 30.8 Å². The zero-order valence-corrected chi connectivity index (χ0v) is 18.9. The van der Waals surface area contributed by atoms with E-state index in [2.05, 4.69) is 16.0 Å². The minimum absolute atomic E-state index is 0.106. The van der Waals surface area contributed by atoms with Gasteiger partial charge in [-0.3, -0.25) is 0 Å². The molecular formula is C24H25F2N3O3S. The number of urea groups is 1. The molecule has 1 aliphatic carbocycles. The summed E-state index contributed by atoms with van der Waals surface area (Å²) in [5.74, 6) is -1.36. The number of carbonyl (C=O) groups excluding carboxylic acids is 1. The normalized spacial score (nSPS) is 16.8. The fourth-order valence-corrected chi connectivity index (χ4v) is 5.40. The highest BCUT2D eigenvalue weighted by atomic mass is 32.2. The molecule has 2 aromatic carbocycles. The van der Waals surface area contributed by atoms with Crippen molar-refractivity contribution in [3.05, 3.63) is 82.5 Å². The summed E-state index contributed by atoms with van der Waals surface area (Å²) in [6.07, 6.45) is 1.70. The number of nitrogens with one attached hydrogen (secondary N) is 3. The maximum Gasteiger partial charge on any atom is 0.319 e. The average molecular weight is 474 g/mol. The summed E-state index contributed by atoms with van der Waals surface area (Å²) >= 11 is 0. The van der Waals surface area contributed by atoms with Crippen LogP contribution in [0.1, 0.15) is 36.5 Å². The van der Waals surface area contributed by atoms with E-state index in [4.69, 9.17) is 0 Å². The van der Waals surface area contributed by atoms with Crippen LogP contribution in [0.4, 0.5) is 19.3 Å². The molecule has 0 fully saturated rings. The van der Waals surface area contributed by atoms with Crippen LogP contribution >= 0.6 is 0 Å². The van der Waals surface area contributed by atoms with Gasteiger partial charge in [0.15, 0.2) is 9.84 Å². The van der Waals surface area contributed by atoms with E-state index in [1.165, 1.54) is 42.8 Å². The van der Waals surface area contributed by atoms with Crippen LogP contribution in [-0.2, 0) is 28.7 Å². The Bertz CT molecular complexity index is 1240. The molecule has 6 nitrogen and oxygen atoms in total. The van der Waals surface area contributed by atoms with Crippen LogP contribution in [0.25, 0.3) is 0 Å². The highest BCUT2D eigenvalue weighted by Gasteiger charge is 2.23. The molecule has 0 bridgehead atoms. The second-order valence-electron chi connectivity index (χ2n) is 8.22. The number of fused-ring (bicyclic) bond motifs is 1. The number of halogens is 2. The zero-order valence-electron chi connectivity index (χ0n) is 18.1. The van der Waals surface area contributed by atoms with E-state index in [-0.39, 0.29) is 22.6 Å². The summed E-state index contributed by atoms with van der Waals surface area (Å²) in [6, 6.07) is 9.99. The number of allylic oxidation sites excluding steroid dienone is 2. The summed E-state index contributed by atoms with van der Waals surface area (Å²) in [7, 11) is -3.57. The number of hydrogen-bond acceptors (Lipinski definition) is 4. The summed E-state index contributed by atoms with van der Waals surface area (Å²) in [4.78, 5) is 12.4. The van der Waals surface area contributed by atoms with Crippen molar-refractivity contribution < 1.29 is 22.0 Å². The van der Waals surface area contributed by atoms with E-state index in [1.54, 1.807) is 0 Å². The average Bonchev–Trinajstić information content (AvgIpc) is 3.21. The standard InChI is InChI=1S/C24H25F2N3O3S/c1-15(23-21(25)3-2-4-22(23)26)28-24(30)29-19-7-9-20(10-8-19)33(31,32)14-16-5-6-17-12-27-13-18(17)11-16/h3,5-11,15,27H,2,4,12-14H2,1H3,(H2,28,29,30). The summed E-state index contributed by atoms with van der Waals surface area (Å²) in [6.45, 7) is 3.02. The fourth-order valence-electron chi connectivity index (χ4n) is 4.06. The Balaban J connectivity index is 1.38. The molecule has 2 aromatic rings. The number of sulfone groups is 1. The van der Waals surface area contributed by atoms with Crippen LogP contribution in [0, 0.1) is 0 Å². The zero-order chi connectivity index (χ0) is 23.6. The first kappa shape index (κ1) is 23.1. The summed E-state index contributed by atoms with van der Waals surface area (Å²) in [5, 5.41) is 8.30. The smallest absolute Gasteiger partial charge is 0.319 e. The number of carbonyl (C=O) groups is 1. The number of anilines is 1. The van der Waals surface area contributed by atoms with Gasteiger partial charge in [-0.05, 0) is 60.4 Å². The van der Waals surface area contributed by atoms with E-state index in [9.17, 15) is 22.0 Å². The lowest BCUT2D eigenvalue weighted by molar-refractivity contribution is 0.250. The van der Waals surface area contributed by atoms with Crippen molar-refractivity contribution in [3.8, 4) is 0 Å². The molecule has 1 unspecified atom stereocenters. The van der Waals surface area contributed by atoms with Gasteiger partial charge in [-0.2, -0.15) is 0 Å². The van der Waals surface area contributed by atoms with Crippen LogP contribution < -0.4 is 16.0 Å². The Morgan fingerprint density at radius 2 is 1.82 bits per heavy atom. The molecule has 2 amide bonds. The number of benzene rings is 2. The van der Waals surface area contributed by atoms with Gasteiger partial charge in [0.05, 0.1) is 16.7 Å². The highest BCUT2D eigenvalue weighted by Crippen LogP contribution is 2.29. The molecule has 0 saturated heterocycles. The molecule has 0 saturated carbocycles. The predicted octanol–water partition coefficient (Wildman–Crippen LogP) is 4.64. The molecule has 33 heavy (non-hydrogen) atoms.